The fraction of sp³-hybridized carbons (Fsp3) is 0.353. The highest BCUT2D eigenvalue weighted by Crippen LogP contribution is 2.29. The molecule has 1 aliphatic rings. The number of halogens is 2. The van der Waals surface area contributed by atoms with E-state index in [1.54, 1.807) is 24.3 Å². The van der Waals surface area contributed by atoms with Gasteiger partial charge in [0.25, 0.3) is 6.43 Å². The van der Waals surface area contributed by atoms with Crippen LogP contribution in [0.4, 0.5) is 14.7 Å². The minimum absolute atomic E-state index is 0.294. The standard InChI is InChI=1S/C17H17F2N5O2/c1-25-14-10-13(21-17(22-14)23-6-8-26-9-7-23)24-12-5-3-2-4-11(12)20-16(24)15(18)19/h2-5,10,15H,6-9H2,1H3. The molecular weight excluding hydrogens is 344 g/mol. The molecule has 0 radical (unpaired) electrons. The smallest absolute Gasteiger partial charge is 0.296 e. The summed E-state index contributed by atoms with van der Waals surface area (Å²) < 4.78 is 39.2. The zero-order valence-corrected chi connectivity index (χ0v) is 14.1. The van der Waals surface area contributed by atoms with Gasteiger partial charge in [-0.3, -0.25) is 4.57 Å². The number of nitrogens with zero attached hydrogens (tertiary/aromatic N) is 5. The molecule has 0 spiro atoms. The Kier molecular flexibility index (Phi) is 4.37. The van der Waals surface area contributed by atoms with Crippen molar-refractivity contribution >= 4 is 17.0 Å². The first-order valence-corrected chi connectivity index (χ1v) is 8.19. The van der Waals surface area contributed by atoms with E-state index in [0.717, 1.165) is 0 Å². The third kappa shape index (κ3) is 2.94. The number of imidazole rings is 1. The molecule has 0 N–H and O–H groups in total. The lowest BCUT2D eigenvalue weighted by molar-refractivity contribution is 0.122. The number of rotatable bonds is 4. The van der Waals surface area contributed by atoms with E-state index in [0.29, 0.717) is 55.0 Å². The first-order chi connectivity index (χ1) is 12.7. The molecule has 4 rings (SSSR count). The summed E-state index contributed by atoms with van der Waals surface area (Å²) in [5.74, 6) is 0.650. The Morgan fingerprint density at radius 1 is 1.12 bits per heavy atom. The third-order valence-corrected chi connectivity index (χ3v) is 4.19. The van der Waals surface area contributed by atoms with Gasteiger partial charge in [0, 0.05) is 19.2 Å². The number of alkyl halides is 2. The number of aromatic nitrogens is 4. The molecule has 1 saturated heterocycles. The average molecular weight is 361 g/mol. The number of para-hydroxylation sites is 2. The Bertz CT molecular complexity index is 925. The van der Waals surface area contributed by atoms with E-state index in [4.69, 9.17) is 9.47 Å². The summed E-state index contributed by atoms with van der Waals surface area (Å²) in [4.78, 5) is 14.9. The van der Waals surface area contributed by atoms with Crippen LogP contribution in [0.2, 0.25) is 0 Å². The van der Waals surface area contributed by atoms with Crippen molar-refractivity contribution in [3.8, 4) is 11.7 Å². The molecule has 1 aliphatic heterocycles. The van der Waals surface area contributed by atoms with Crippen molar-refractivity contribution in [2.24, 2.45) is 0 Å². The van der Waals surface area contributed by atoms with Crippen LogP contribution < -0.4 is 9.64 Å². The van der Waals surface area contributed by atoms with Gasteiger partial charge in [-0.2, -0.15) is 9.97 Å². The maximum absolute atomic E-state index is 13.6. The molecule has 26 heavy (non-hydrogen) atoms. The molecule has 7 nitrogen and oxygen atoms in total. The van der Waals surface area contributed by atoms with E-state index in [1.165, 1.54) is 17.7 Å². The molecule has 0 amide bonds. The quantitative estimate of drug-likeness (QED) is 0.712. The van der Waals surface area contributed by atoms with Gasteiger partial charge in [0.05, 0.1) is 31.4 Å². The summed E-state index contributed by atoms with van der Waals surface area (Å²) in [6, 6.07) is 8.49. The zero-order chi connectivity index (χ0) is 18.1. The first-order valence-electron chi connectivity index (χ1n) is 8.19. The number of morpholine rings is 1. The van der Waals surface area contributed by atoms with Crippen molar-refractivity contribution in [2.45, 2.75) is 6.43 Å². The molecule has 136 valence electrons. The van der Waals surface area contributed by atoms with Gasteiger partial charge in [0.15, 0.2) is 5.82 Å². The zero-order valence-electron chi connectivity index (χ0n) is 14.1. The van der Waals surface area contributed by atoms with E-state index < -0.39 is 6.43 Å². The molecule has 3 heterocycles. The lowest BCUT2D eigenvalue weighted by atomic mass is 10.3. The summed E-state index contributed by atoms with van der Waals surface area (Å²) in [7, 11) is 1.48. The van der Waals surface area contributed by atoms with E-state index in [-0.39, 0.29) is 5.82 Å². The van der Waals surface area contributed by atoms with Gasteiger partial charge < -0.3 is 14.4 Å². The number of ether oxygens (including phenoxy) is 2. The minimum Gasteiger partial charge on any atom is -0.481 e. The van der Waals surface area contributed by atoms with Crippen molar-refractivity contribution in [3.63, 3.8) is 0 Å². The van der Waals surface area contributed by atoms with Gasteiger partial charge in [0.2, 0.25) is 11.8 Å². The Hall–Kier alpha value is -2.81. The summed E-state index contributed by atoms with van der Waals surface area (Å²) >= 11 is 0. The fourth-order valence-electron chi connectivity index (χ4n) is 2.96. The van der Waals surface area contributed by atoms with Crippen molar-refractivity contribution in [2.75, 3.05) is 38.3 Å². The molecule has 0 atom stereocenters. The lowest BCUT2D eigenvalue weighted by Crippen LogP contribution is -2.37. The third-order valence-electron chi connectivity index (χ3n) is 4.19. The predicted octanol–water partition coefficient (Wildman–Crippen LogP) is 2.60. The largest absolute Gasteiger partial charge is 0.481 e. The van der Waals surface area contributed by atoms with E-state index in [1.807, 2.05) is 4.90 Å². The molecule has 9 heteroatoms. The fourth-order valence-corrected chi connectivity index (χ4v) is 2.96. The van der Waals surface area contributed by atoms with Crippen molar-refractivity contribution in [1.82, 2.24) is 19.5 Å². The number of benzene rings is 1. The highest BCUT2D eigenvalue weighted by Gasteiger charge is 2.23. The van der Waals surface area contributed by atoms with Crippen molar-refractivity contribution < 1.29 is 18.3 Å². The second kappa shape index (κ2) is 6.83. The Labute approximate surface area is 148 Å². The number of hydrogen-bond donors (Lipinski definition) is 0. The van der Waals surface area contributed by atoms with Gasteiger partial charge in [-0.25, -0.2) is 13.8 Å². The summed E-state index contributed by atoms with van der Waals surface area (Å²) in [6.07, 6.45) is -2.74. The lowest BCUT2D eigenvalue weighted by Gasteiger charge is -2.27. The SMILES string of the molecule is COc1cc(-n2c(C(F)F)nc3ccccc32)nc(N2CCOCC2)n1. The number of fused-ring (bicyclic) bond motifs is 1. The summed E-state index contributed by atoms with van der Waals surface area (Å²) in [5, 5.41) is 0. The monoisotopic (exact) mass is 361 g/mol. The van der Waals surface area contributed by atoms with Gasteiger partial charge in [0.1, 0.15) is 5.82 Å². The highest BCUT2D eigenvalue weighted by molar-refractivity contribution is 5.78. The molecule has 2 aromatic heterocycles. The van der Waals surface area contributed by atoms with Gasteiger partial charge in [-0.05, 0) is 12.1 Å². The number of anilines is 1. The maximum atomic E-state index is 13.6. The van der Waals surface area contributed by atoms with Crippen LogP contribution in [0.5, 0.6) is 5.88 Å². The topological polar surface area (TPSA) is 65.3 Å². The molecule has 0 bridgehead atoms. The molecule has 0 saturated carbocycles. The van der Waals surface area contributed by atoms with Crippen LogP contribution in [0.1, 0.15) is 12.2 Å². The Morgan fingerprint density at radius 3 is 2.62 bits per heavy atom. The van der Waals surface area contributed by atoms with Crippen LogP contribution in [0.15, 0.2) is 30.3 Å². The number of hydrogen-bond acceptors (Lipinski definition) is 6. The molecular formula is C17H17F2N5O2. The highest BCUT2D eigenvalue weighted by atomic mass is 19.3. The van der Waals surface area contributed by atoms with Crippen LogP contribution in [0.3, 0.4) is 0 Å². The Morgan fingerprint density at radius 2 is 1.88 bits per heavy atom. The van der Waals surface area contributed by atoms with Crippen LogP contribution >= 0.6 is 0 Å². The second-order valence-electron chi connectivity index (χ2n) is 5.76. The molecule has 3 aromatic rings. The second-order valence-corrected chi connectivity index (χ2v) is 5.76. The van der Waals surface area contributed by atoms with Crippen LogP contribution in [-0.2, 0) is 4.74 Å². The van der Waals surface area contributed by atoms with Crippen LogP contribution in [0, 0.1) is 0 Å². The van der Waals surface area contributed by atoms with Crippen molar-refractivity contribution in [3.05, 3.63) is 36.2 Å². The van der Waals surface area contributed by atoms with Crippen LogP contribution in [0.25, 0.3) is 16.9 Å². The average Bonchev–Trinajstić information content (AvgIpc) is 3.08. The predicted molar refractivity (Wildman–Crippen MR) is 91.2 cm³/mol. The van der Waals surface area contributed by atoms with Crippen molar-refractivity contribution in [1.29, 1.82) is 0 Å². The van der Waals surface area contributed by atoms with Crippen LogP contribution in [-0.4, -0.2) is 52.9 Å². The minimum atomic E-state index is -2.74. The van der Waals surface area contributed by atoms with Gasteiger partial charge in [-0.1, -0.05) is 12.1 Å². The molecule has 1 fully saturated rings. The molecule has 0 unspecified atom stereocenters. The summed E-state index contributed by atoms with van der Waals surface area (Å²) in [5.41, 5.74) is 1.03. The van der Waals surface area contributed by atoms with Gasteiger partial charge >= 0.3 is 0 Å². The first kappa shape index (κ1) is 16.6. The summed E-state index contributed by atoms with van der Waals surface area (Å²) in [6.45, 7) is 2.37. The normalized spacial score (nSPS) is 15.0. The Balaban J connectivity index is 1.89. The van der Waals surface area contributed by atoms with E-state index in [2.05, 4.69) is 15.0 Å². The molecule has 0 aliphatic carbocycles. The number of methoxy groups -OCH3 is 1. The van der Waals surface area contributed by atoms with Gasteiger partial charge in [-0.15, -0.1) is 0 Å². The van der Waals surface area contributed by atoms with E-state index in [9.17, 15) is 8.78 Å². The van der Waals surface area contributed by atoms with E-state index >= 15 is 0 Å². The molecule has 1 aromatic carbocycles. The maximum Gasteiger partial charge on any atom is 0.296 e.